The highest BCUT2D eigenvalue weighted by molar-refractivity contribution is 6.11. The highest BCUT2D eigenvalue weighted by atomic mass is 16.6. The molecule has 0 saturated carbocycles. The average Bonchev–Trinajstić information content (AvgIpc) is 2.89. The van der Waals surface area contributed by atoms with Crippen LogP contribution in [0.3, 0.4) is 0 Å². The molecule has 0 fully saturated rings. The summed E-state index contributed by atoms with van der Waals surface area (Å²) in [4.78, 5) is 26.2. The second-order valence-electron chi connectivity index (χ2n) is 4.80. The van der Waals surface area contributed by atoms with Gasteiger partial charge in [0.2, 0.25) is 11.8 Å². The van der Waals surface area contributed by atoms with Gasteiger partial charge in [0.1, 0.15) is 0 Å². The molecule has 110 valence electrons. The summed E-state index contributed by atoms with van der Waals surface area (Å²) < 4.78 is 5.20. The first-order chi connectivity index (χ1) is 10.6. The maximum Gasteiger partial charge on any atom is 0.365 e. The number of hydrogen-bond acceptors (Lipinski definition) is 6. The fraction of sp³-hybridized carbons (Fsp3) is 0.125. The molecule has 0 aliphatic carbocycles. The molecule has 22 heavy (non-hydrogen) atoms. The van der Waals surface area contributed by atoms with Crippen LogP contribution in [-0.2, 0) is 9.53 Å². The van der Waals surface area contributed by atoms with Gasteiger partial charge >= 0.3 is 5.97 Å². The van der Waals surface area contributed by atoms with Crippen LogP contribution in [0.2, 0.25) is 0 Å². The van der Waals surface area contributed by atoms with Crippen LogP contribution in [0.15, 0.2) is 59.5 Å². The molecule has 1 aromatic carbocycles. The molecular formula is C16H14N4O2. The Kier molecular flexibility index (Phi) is 3.65. The Labute approximate surface area is 127 Å². The fourth-order valence-electron chi connectivity index (χ4n) is 1.95. The number of carbonyl (C=O) groups is 1. The minimum absolute atomic E-state index is 0.214. The number of anilines is 1. The number of carbonyl (C=O) groups excluding carboxylic acids is 1. The van der Waals surface area contributed by atoms with Crippen molar-refractivity contribution >= 4 is 17.8 Å². The van der Waals surface area contributed by atoms with Gasteiger partial charge in [-0.25, -0.2) is 19.8 Å². The van der Waals surface area contributed by atoms with Crippen molar-refractivity contribution in [2.45, 2.75) is 6.92 Å². The molecule has 3 rings (SSSR count). The summed E-state index contributed by atoms with van der Waals surface area (Å²) in [6.07, 6.45) is 3.23. The molecular weight excluding hydrogens is 280 g/mol. The van der Waals surface area contributed by atoms with E-state index in [-0.39, 0.29) is 5.70 Å². The molecule has 1 aliphatic heterocycles. The number of rotatable bonds is 3. The van der Waals surface area contributed by atoms with Gasteiger partial charge in [0.15, 0.2) is 5.70 Å². The molecule has 0 amide bonds. The van der Waals surface area contributed by atoms with E-state index in [0.717, 1.165) is 11.3 Å². The first kappa shape index (κ1) is 13.9. The summed E-state index contributed by atoms with van der Waals surface area (Å²) in [6, 6.07) is 11.1. The number of nitrogens with zero attached hydrogens (tertiary/aromatic N) is 4. The average molecular weight is 294 g/mol. The minimum atomic E-state index is -0.488. The molecule has 0 saturated heterocycles. The molecule has 6 nitrogen and oxygen atoms in total. The van der Waals surface area contributed by atoms with Crippen LogP contribution in [0.4, 0.5) is 5.95 Å². The van der Waals surface area contributed by atoms with E-state index in [1.165, 1.54) is 0 Å². The number of ether oxygens (including phenoxy) is 1. The van der Waals surface area contributed by atoms with Crippen LogP contribution in [0.5, 0.6) is 0 Å². The van der Waals surface area contributed by atoms with Gasteiger partial charge < -0.3 is 9.64 Å². The van der Waals surface area contributed by atoms with Gasteiger partial charge in [0, 0.05) is 30.7 Å². The van der Waals surface area contributed by atoms with Gasteiger partial charge in [-0.2, -0.15) is 0 Å². The smallest absolute Gasteiger partial charge is 0.365 e. The SMILES string of the molecule is Cc1ccnc(N(C)/C=C2\N=C(c3ccccc3)OC2=O)n1. The predicted octanol–water partition coefficient (Wildman–Crippen LogP) is 2.07. The van der Waals surface area contributed by atoms with E-state index in [9.17, 15) is 4.79 Å². The Morgan fingerprint density at radius 2 is 1.95 bits per heavy atom. The van der Waals surface area contributed by atoms with Crippen LogP contribution >= 0.6 is 0 Å². The Hall–Kier alpha value is -3.02. The van der Waals surface area contributed by atoms with Crippen LogP contribution in [0.1, 0.15) is 11.3 Å². The zero-order valence-electron chi connectivity index (χ0n) is 12.2. The van der Waals surface area contributed by atoms with E-state index in [1.54, 1.807) is 30.4 Å². The molecule has 2 aromatic rings. The Morgan fingerprint density at radius 3 is 2.68 bits per heavy atom. The second-order valence-corrected chi connectivity index (χ2v) is 4.80. The van der Waals surface area contributed by atoms with Crippen LogP contribution in [0, 0.1) is 6.92 Å². The first-order valence-electron chi connectivity index (χ1n) is 6.74. The summed E-state index contributed by atoms with van der Waals surface area (Å²) in [7, 11) is 1.76. The van der Waals surface area contributed by atoms with Gasteiger partial charge in [0.05, 0.1) is 0 Å². The standard InChI is InChI=1S/C16H14N4O2/c1-11-8-9-17-16(18-11)20(2)10-13-15(21)22-14(19-13)12-6-4-3-5-7-12/h3-10H,1-2H3/b13-10-. The summed E-state index contributed by atoms with van der Waals surface area (Å²) in [6.45, 7) is 1.88. The number of aromatic nitrogens is 2. The fourth-order valence-corrected chi connectivity index (χ4v) is 1.95. The number of esters is 1. The summed E-state index contributed by atoms with van der Waals surface area (Å²) in [5, 5.41) is 0. The number of hydrogen-bond donors (Lipinski definition) is 0. The van der Waals surface area contributed by atoms with E-state index in [2.05, 4.69) is 15.0 Å². The highest BCUT2D eigenvalue weighted by Gasteiger charge is 2.24. The lowest BCUT2D eigenvalue weighted by atomic mass is 10.2. The molecule has 0 spiro atoms. The monoisotopic (exact) mass is 294 g/mol. The maximum absolute atomic E-state index is 11.9. The first-order valence-corrected chi connectivity index (χ1v) is 6.74. The van der Waals surface area contributed by atoms with Crippen LogP contribution < -0.4 is 4.90 Å². The minimum Gasteiger partial charge on any atom is -0.402 e. The van der Waals surface area contributed by atoms with Crippen molar-refractivity contribution in [2.75, 3.05) is 11.9 Å². The Balaban J connectivity index is 1.88. The van der Waals surface area contributed by atoms with E-state index < -0.39 is 5.97 Å². The van der Waals surface area contributed by atoms with E-state index in [1.807, 2.05) is 37.3 Å². The molecule has 1 aliphatic rings. The third-order valence-electron chi connectivity index (χ3n) is 3.05. The van der Waals surface area contributed by atoms with Gasteiger partial charge in [-0.1, -0.05) is 18.2 Å². The largest absolute Gasteiger partial charge is 0.402 e. The van der Waals surface area contributed by atoms with Gasteiger partial charge in [0.25, 0.3) is 0 Å². The summed E-state index contributed by atoms with van der Waals surface area (Å²) in [5.41, 5.74) is 1.82. The number of aliphatic imine (C=N–C) groups is 1. The third-order valence-corrected chi connectivity index (χ3v) is 3.05. The Morgan fingerprint density at radius 1 is 1.18 bits per heavy atom. The van der Waals surface area contributed by atoms with Crippen molar-refractivity contribution in [3.8, 4) is 0 Å². The molecule has 2 heterocycles. The topological polar surface area (TPSA) is 67.7 Å². The van der Waals surface area contributed by atoms with Gasteiger partial charge in [-0.3, -0.25) is 0 Å². The van der Waals surface area contributed by atoms with E-state index in [0.29, 0.717) is 11.8 Å². The van der Waals surface area contributed by atoms with Crippen molar-refractivity contribution < 1.29 is 9.53 Å². The molecule has 0 unspecified atom stereocenters. The van der Waals surface area contributed by atoms with Crippen molar-refractivity contribution in [1.82, 2.24) is 9.97 Å². The maximum atomic E-state index is 11.9. The lowest BCUT2D eigenvalue weighted by Gasteiger charge is -2.11. The predicted molar refractivity (Wildman–Crippen MR) is 82.3 cm³/mol. The van der Waals surface area contributed by atoms with Crippen molar-refractivity contribution in [2.24, 2.45) is 4.99 Å². The third kappa shape index (κ3) is 2.85. The van der Waals surface area contributed by atoms with E-state index in [4.69, 9.17) is 4.74 Å². The van der Waals surface area contributed by atoms with Crippen molar-refractivity contribution in [3.05, 3.63) is 65.7 Å². The van der Waals surface area contributed by atoms with Crippen LogP contribution in [-0.4, -0.2) is 28.9 Å². The normalized spacial score (nSPS) is 15.6. The lowest BCUT2D eigenvalue weighted by molar-refractivity contribution is -0.130. The molecule has 0 radical (unpaired) electrons. The van der Waals surface area contributed by atoms with Crippen LogP contribution in [0.25, 0.3) is 0 Å². The molecule has 1 aromatic heterocycles. The Bertz CT molecular complexity index is 769. The molecule has 0 N–H and O–H groups in total. The van der Waals surface area contributed by atoms with Crippen molar-refractivity contribution in [3.63, 3.8) is 0 Å². The molecule has 6 heteroatoms. The number of benzene rings is 1. The summed E-state index contributed by atoms with van der Waals surface area (Å²) >= 11 is 0. The number of aryl methyl sites for hydroxylation is 1. The summed E-state index contributed by atoms with van der Waals surface area (Å²) in [5.74, 6) is 0.303. The van der Waals surface area contributed by atoms with Gasteiger partial charge in [-0.05, 0) is 25.1 Å². The lowest BCUT2D eigenvalue weighted by Crippen LogP contribution is -2.14. The zero-order valence-corrected chi connectivity index (χ0v) is 12.2. The quantitative estimate of drug-likeness (QED) is 0.640. The zero-order chi connectivity index (χ0) is 15.5. The van der Waals surface area contributed by atoms with Gasteiger partial charge in [-0.15, -0.1) is 0 Å². The number of cyclic esters (lactones) is 1. The van der Waals surface area contributed by atoms with E-state index >= 15 is 0 Å². The highest BCUT2D eigenvalue weighted by Crippen LogP contribution is 2.17. The van der Waals surface area contributed by atoms with Crippen molar-refractivity contribution in [1.29, 1.82) is 0 Å². The second kappa shape index (κ2) is 5.77. The molecule has 0 bridgehead atoms. The molecule has 0 atom stereocenters.